The molecule has 1 aliphatic rings. The van der Waals surface area contributed by atoms with Gasteiger partial charge in [-0.25, -0.2) is 13.1 Å². The Kier molecular flexibility index (Phi) is 7.80. The molecule has 4 nitrogen and oxygen atoms in total. The summed E-state index contributed by atoms with van der Waals surface area (Å²) in [5.74, 6) is 2.16. The highest BCUT2D eigenvalue weighted by atomic mass is 32.2. The lowest BCUT2D eigenvalue weighted by Gasteiger charge is -2.17. The van der Waals surface area contributed by atoms with Crippen molar-refractivity contribution < 1.29 is 13.2 Å². The molecular weight excluding hydrogens is 354 g/mol. The van der Waals surface area contributed by atoms with Gasteiger partial charge in [-0.1, -0.05) is 32.9 Å². The van der Waals surface area contributed by atoms with Gasteiger partial charge in [-0.2, -0.15) is 0 Å². The summed E-state index contributed by atoms with van der Waals surface area (Å²) < 4.78 is 32.4. The Morgan fingerprint density at radius 1 is 1.28 bits per heavy atom. The Bertz CT molecular complexity index is 634. The molecule has 25 heavy (non-hydrogen) atoms. The van der Waals surface area contributed by atoms with Gasteiger partial charge in [0.15, 0.2) is 0 Å². The average molecular weight is 386 g/mol. The molecule has 0 unspecified atom stereocenters. The van der Waals surface area contributed by atoms with Crippen molar-refractivity contribution >= 4 is 21.8 Å². The minimum atomic E-state index is -3.26. The summed E-state index contributed by atoms with van der Waals surface area (Å²) >= 11 is 1.87. The first kappa shape index (κ1) is 20.7. The Balaban J connectivity index is 1.68. The molecule has 1 N–H and O–H groups in total. The van der Waals surface area contributed by atoms with Gasteiger partial charge in [-0.3, -0.25) is 0 Å². The number of sulfonamides is 1. The van der Waals surface area contributed by atoms with E-state index in [1.807, 2.05) is 23.9 Å². The molecular formula is C19H31NO3S2. The highest BCUT2D eigenvalue weighted by Gasteiger charge is 2.21. The molecule has 1 saturated carbocycles. The average Bonchev–Trinajstić information content (AvgIpc) is 3.34. The van der Waals surface area contributed by atoms with Crippen molar-refractivity contribution in [1.29, 1.82) is 0 Å². The van der Waals surface area contributed by atoms with Gasteiger partial charge < -0.3 is 4.74 Å². The topological polar surface area (TPSA) is 55.4 Å². The molecule has 0 aliphatic heterocycles. The largest absolute Gasteiger partial charge is 0.381 e. The highest BCUT2D eigenvalue weighted by molar-refractivity contribution is 7.99. The van der Waals surface area contributed by atoms with Crippen molar-refractivity contribution in [2.75, 3.05) is 24.7 Å². The Morgan fingerprint density at radius 2 is 2.04 bits per heavy atom. The highest BCUT2D eigenvalue weighted by Crippen LogP contribution is 2.35. The third-order valence-electron chi connectivity index (χ3n) is 3.81. The zero-order valence-corrected chi connectivity index (χ0v) is 17.2. The van der Waals surface area contributed by atoms with Gasteiger partial charge in [0.1, 0.15) is 0 Å². The molecule has 1 aliphatic carbocycles. The fraction of sp³-hybridized carbons (Fsp3) is 0.684. The number of hydrogen-bond acceptors (Lipinski definition) is 4. The minimum absolute atomic E-state index is 0.104. The summed E-state index contributed by atoms with van der Waals surface area (Å²) in [6, 6.07) is 8.15. The summed E-state index contributed by atoms with van der Waals surface area (Å²) in [7, 11) is -3.26. The maximum absolute atomic E-state index is 12.1. The summed E-state index contributed by atoms with van der Waals surface area (Å²) in [5.41, 5.74) is 1.12. The quantitative estimate of drug-likeness (QED) is 0.461. The van der Waals surface area contributed by atoms with Crippen LogP contribution in [0, 0.1) is 11.3 Å². The number of nitrogens with one attached hydrogen (secondary N) is 1. The second-order valence-corrected chi connectivity index (χ2v) is 11.0. The summed E-state index contributed by atoms with van der Waals surface area (Å²) in [5, 5.41) is 0. The van der Waals surface area contributed by atoms with Crippen LogP contribution < -0.4 is 4.72 Å². The van der Waals surface area contributed by atoms with Gasteiger partial charge in [0, 0.05) is 23.8 Å². The van der Waals surface area contributed by atoms with Crippen LogP contribution in [0.1, 0.15) is 45.6 Å². The maximum Gasteiger partial charge on any atom is 0.211 e. The minimum Gasteiger partial charge on any atom is -0.381 e. The van der Waals surface area contributed by atoms with E-state index in [-0.39, 0.29) is 11.2 Å². The van der Waals surface area contributed by atoms with Crippen molar-refractivity contribution in [2.24, 2.45) is 11.3 Å². The van der Waals surface area contributed by atoms with Gasteiger partial charge in [0.2, 0.25) is 10.0 Å². The normalized spacial score (nSPS) is 15.5. The van der Waals surface area contributed by atoms with Crippen molar-refractivity contribution in [2.45, 2.75) is 51.5 Å². The fourth-order valence-electron chi connectivity index (χ4n) is 2.24. The predicted octanol–water partition coefficient (Wildman–Crippen LogP) is 4.06. The molecule has 0 saturated heterocycles. The molecule has 142 valence electrons. The first-order valence-corrected chi connectivity index (χ1v) is 11.6. The van der Waals surface area contributed by atoms with Crippen LogP contribution >= 0.6 is 11.8 Å². The van der Waals surface area contributed by atoms with Crippen molar-refractivity contribution in [3.8, 4) is 0 Å². The number of benzene rings is 1. The van der Waals surface area contributed by atoms with Crippen LogP contribution in [0.15, 0.2) is 29.2 Å². The lowest BCUT2D eigenvalue weighted by Crippen LogP contribution is -2.26. The Hall–Kier alpha value is -0.560. The van der Waals surface area contributed by atoms with Crippen LogP contribution in [-0.4, -0.2) is 33.1 Å². The van der Waals surface area contributed by atoms with Gasteiger partial charge in [0.25, 0.3) is 0 Å². The van der Waals surface area contributed by atoms with E-state index in [1.165, 1.54) is 23.5 Å². The van der Waals surface area contributed by atoms with Crippen LogP contribution in [0.2, 0.25) is 0 Å². The first-order valence-electron chi connectivity index (χ1n) is 9.00. The lowest BCUT2D eigenvalue weighted by atomic mass is 9.99. The third-order valence-corrected chi connectivity index (χ3v) is 6.45. The SMILES string of the molecule is CC(C)(C)COCCCS(=O)(=O)NCc1cccc(SCC2CC2)c1. The third kappa shape index (κ3) is 9.64. The standard InChI is InChI=1S/C19H31NO3S2/c1-19(2,3)15-23-10-5-11-25(21,22)20-13-17-6-4-7-18(12-17)24-14-16-8-9-16/h4,6-7,12,16,20H,5,8-11,13-15H2,1-3H3. The molecule has 2 rings (SSSR count). The van der Waals surface area contributed by atoms with E-state index in [0.717, 1.165) is 11.5 Å². The second kappa shape index (κ2) is 9.40. The molecule has 0 atom stereocenters. The summed E-state index contributed by atoms with van der Waals surface area (Å²) in [6.45, 7) is 7.77. The van der Waals surface area contributed by atoms with Crippen LogP contribution in [0.3, 0.4) is 0 Å². The van der Waals surface area contributed by atoms with E-state index < -0.39 is 10.0 Å². The molecule has 0 spiro atoms. The van der Waals surface area contributed by atoms with Gasteiger partial charge >= 0.3 is 0 Å². The monoisotopic (exact) mass is 385 g/mol. The van der Waals surface area contributed by atoms with E-state index in [4.69, 9.17) is 4.74 Å². The van der Waals surface area contributed by atoms with Gasteiger partial charge in [-0.15, -0.1) is 11.8 Å². The maximum atomic E-state index is 12.1. The summed E-state index contributed by atoms with van der Waals surface area (Å²) in [4.78, 5) is 1.22. The first-order chi connectivity index (χ1) is 11.7. The molecule has 6 heteroatoms. The number of thioether (sulfide) groups is 1. The van der Waals surface area contributed by atoms with Gasteiger partial charge in [0.05, 0.1) is 12.4 Å². The molecule has 0 bridgehead atoms. The van der Waals surface area contributed by atoms with Crippen LogP contribution in [0.25, 0.3) is 0 Å². The number of rotatable bonds is 11. The zero-order valence-electron chi connectivity index (χ0n) is 15.6. The zero-order chi connectivity index (χ0) is 18.3. The van der Waals surface area contributed by atoms with E-state index in [0.29, 0.717) is 26.2 Å². The Morgan fingerprint density at radius 3 is 2.72 bits per heavy atom. The summed E-state index contributed by atoms with van der Waals surface area (Å²) in [6.07, 6.45) is 3.22. The molecule has 1 fully saturated rings. The number of ether oxygens (including phenoxy) is 1. The molecule has 0 heterocycles. The van der Waals surface area contributed by atoms with E-state index in [2.05, 4.69) is 37.6 Å². The van der Waals surface area contributed by atoms with E-state index >= 15 is 0 Å². The van der Waals surface area contributed by atoms with Crippen molar-refractivity contribution in [3.63, 3.8) is 0 Å². The lowest BCUT2D eigenvalue weighted by molar-refractivity contribution is 0.0720. The predicted molar refractivity (Wildman–Crippen MR) is 105 cm³/mol. The van der Waals surface area contributed by atoms with Crippen molar-refractivity contribution in [3.05, 3.63) is 29.8 Å². The molecule has 0 radical (unpaired) electrons. The van der Waals surface area contributed by atoms with Crippen LogP contribution in [-0.2, 0) is 21.3 Å². The number of hydrogen-bond donors (Lipinski definition) is 1. The van der Waals surface area contributed by atoms with Crippen molar-refractivity contribution in [1.82, 2.24) is 4.72 Å². The van der Waals surface area contributed by atoms with E-state index in [9.17, 15) is 8.42 Å². The smallest absolute Gasteiger partial charge is 0.211 e. The van der Waals surface area contributed by atoms with Gasteiger partial charge in [-0.05, 0) is 48.3 Å². The molecule has 0 amide bonds. The molecule has 0 aromatic heterocycles. The Labute approximate surface area is 157 Å². The molecule has 1 aromatic carbocycles. The fourth-order valence-corrected chi connectivity index (χ4v) is 4.44. The van der Waals surface area contributed by atoms with Crippen LogP contribution in [0.4, 0.5) is 0 Å². The second-order valence-electron chi connectivity index (χ2n) is 8.01. The van der Waals surface area contributed by atoms with E-state index in [1.54, 1.807) is 0 Å². The van der Waals surface area contributed by atoms with Crippen LogP contribution in [0.5, 0.6) is 0 Å². The molecule has 1 aromatic rings.